The van der Waals surface area contributed by atoms with Crippen molar-refractivity contribution in [1.29, 1.82) is 5.26 Å². The second-order valence-corrected chi connectivity index (χ2v) is 4.64. The maximum atomic E-state index is 13.0. The van der Waals surface area contributed by atoms with Crippen molar-refractivity contribution in [3.63, 3.8) is 0 Å². The summed E-state index contributed by atoms with van der Waals surface area (Å²) in [5.41, 5.74) is 1.16. The Morgan fingerprint density at radius 3 is 2.77 bits per heavy atom. The van der Waals surface area contributed by atoms with Crippen molar-refractivity contribution < 1.29 is 4.39 Å². The number of aromatic nitrogens is 4. The third-order valence-electron chi connectivity index (χ3n) is 3.02. The van der Waals surface area contributed by atoms with Gasteiger partial charge in [-0.25, -0.2) is 18.6 Å². The van der Waals surface area contributed by atoms with E-state index in [1.807, 2.05) is 6.07 Å². The van der Waals surface area contributed by atoms with E-state index >= 15 is 0 Å². The van der Waals surface area contributed by atoms with Gasteiger partial charge in [0.25, 0.3) is 0 Å². The van der Waals surface area contributed by atoms with Crippen LogP contribution in [0.4, 0.5) is 16.0 Å². The van der Waals surface area contributed by atoms with Gasteiger partial charge in [-0.1, -0.05) is 0 Å². The smallest absolute Gasteiger partial charge is 0.325 e. The maximum Gasteiger partial charge on any atom is 0.354 e. The van der Waals surface area contributed by atoms with Gasteiger partial charge in [-0.2, -0.15) is 9.94 Å². The molecule has 3 rings (SSSR count). The summed E-state index contributed by atoms with van der Waals surface area (Å²) in [5.74, 6) is -0.0947. The molecule has 0 radical (unpaired) electrons. The van der Waals surface area contributed by atoms with E-state index in [4.69, 9.17) is 5.26 Å². The molecule has 7 nitrogen and oxygen atoms in total. The first-order valence-electron chi connectivity index (χ1n) is 6.45. The quantitative estimate of drug-likeness (QED) is 0.793. The van der Waals surface area contributed by atoms with Gasteiger partial charge < -0.3 is 5.32 Å². The van der Waals surface area contributed by atoms with Crippen molar-refractivity contribution in [3.05, 3.63) is 52.3 Å². The van der Waals surface area contributed by atoms with Crippen LogP contribution < -0.4 is 11.0 Å². The zero-order chi connectivity index (χ0) is 15.7. The molecule has 1 N–H and O–H groups in total. The summed E-state index contributed by atoms with van der Waals surface area (Å²) >= 11 is 0. The van der Waals surface area contributed by atoms with E-state index in [2.05, 4.69) is 15.4 Å². The summed E-state index contributed by atoms with van der Waals surface area (Å²) in [7, 11) is 0. The van der Waals surface area contributed by atoms with Crippen molar-refractivity contribution in [2.45, 2.75) is 13.5 Å². The lowest BCUT2D eigenvalue weighted by atomic mass is 10.3. The van der Waals surface area contributed by atoms with Gasteiger partial charge in [-0.3, -0.25) is 0 Å². The lowest BCUT2D eigenvalue weighted by molar-refractivity contribution is 0.628. The van der Waals surface area contributed by atoms with Crippen LogP contribution in [0.2, 0.25) is 0 Å². The number of aryl methyl sites for hydroxylation is 1. The van der Waals surface area contributed by atoms with Crippen molar-refractivity contribution >= 4 is 17.3 Å². The van der Waals surface area contributed by atoms with Gasteiger partial charge in [-0.15, -0.1) is 5.10 Å². The third-order valence-corrected chi connectivity index (χ3v) is 3.02. The fourth-order valence-corrected chi connectivity index (χ4v) is 2.07. The predicted octanol–water partition coefficient (Wildman–Crippen LogP) is 1.61. The number of fused-ring (bicyclic) bond motifs is 1. The van der Waals surface area contributed by atoms with Crippen LogP contribution >= 0.6 is 0 Å². The van der Waals surface area contributed by atoms with Crippen molar-refractivity contribution in [3.8, 4) is 6.07 Å². The van der Waals surface area contributed by atoms with Crippen LogP contribution in [-0.4, -0.2) is 19.2 Å². The second kappa shape index (κ2) is 5.29. The lowest BCUT2D eigenvalue weighted by Crippen LogP contribution is -2.22. The van der Waals surface area contributed by atoms with Gasteiger partial charge in [-0.05, 0) is 31.2 Å². The van der Waals surface area contributed by atoms with Crippen LogP contribution in [0.15, 0.2) is 35.1 Å². The highest BCUT2D eigenvalue weighted by Gasteiger charge is 2.12. The number of nitrogens with zero attached hydrogens (tertiary/aromatic N) is 5. The van der Waals surface area contributed by atoms with E-state index < -0.39 is 5.69 Å². The topological polar surface area (TPSA) is 88.0 Å². The average molecular weight is 298 g/mol. The first-order chi connectivity index (χ1) is 10.6. The molecule has 0 bridgehead atoms. The highest BCUT2D eigenvalue weighted by atomic mass is 19.1. The molecule has 22 heavy (non-hydrogen) atoms. The molecule has 0 amide bonds. The highest BCUT2D eigenvalue weighted by molar-refractivity contribution is 5.56. The van der Waals surface area contributed by atoms with E-state index in [1.54, 1.807) is 13.0 Å². The maximum absolute atomic E-state index is 13.0. The van der Waals surface area contributed by atoms with E-state index in [0.29, 0.717) is 17.0 Å². The number of hydrogen-bond donors (Lipinski definition) is 1. The Labute approximate surface area is 124 Å². The molecule has 0 atom stereocenters. The molecule has 2 aromatic heterocycles. The van der Waals surface area contributed by atoms with E-state index in [0.717, 1.165) is 4.68 Å². The summed E-state index contributed by atoms with van der Waals surface area (Å²) in [5, 5.41) is 15.8. The number of nitriles is 1. The number of nitrogens with one attached hydrogen (secondary N) is 1. The van der Waals surface area contributed by atoms with Gasteiger partial charge in [0.15, 0.2) is 5.65 Å². The monoisotopic (exact) mass is 298 g/mol. The number of anilines is 2. The van der Waals surface area contributed by atoms with Crippen molar-refractivity contribution in [2.24, 2.45) is 0 Å². The summed E-state index contributed by atoms with van der Waals surface area (Å²) < 4.78 is 15.3. The minimum atomic E-state index is -0.464. The predicted molar refractivity (Wildman–Crippen MR) is 77.3 cm³/mol. The molecular weight excluding hydrogens is 287 g/mol. The molecule has 0 aliphatic heterocycles. The fourth-order valence-electron chi connectivity index (χ4n) is 2.07. The Hall–Kier alpha value is -3.21. The number of benzene rings is 1. The molecule has 0 unspecified atom stereocenters. The Morgan fingerprint density at radius 1 is 1.36 bits per heavy atom. The molecule has 0 spiro atoms. The van der Waals surface area contributed by atoms with Gasteiger partial charge in [0.2, 0.25) is 5.95 Å². The molecular formula is C14H11FN6O. The first-order valence-corrected chi connectivity index (χ1v) is 6.45. The zero-order valence-corrected chi connectivity index (χ0v) is 11.6. The molecule has 8 heteroatoms. The SMILES string of the molecule is Cc1cc2nn(CC#N)c(=O)n2c(Nc2ccc(F)cc2)n1. The lowest BCUT2D eigenvalue weighted by Gasteiger charge is -2.07. The molecule has 2 heterocycles. The molecule has 3 aromatic rings. The molecule has 110 valence electrons. The van der Waals surface area contributed by atoms with Crippen LogP contribution in [0.3, 0.4) is 0 Å². The Kier molecular flexibility index (Phi) is 3.31. The van der Waals surface area contributed by atoms with Crippen molar-refractivity contribution in [1.82, 2.24) is 19.2 Å². The van der Waals surface area contributed by atoms with Gasteiger partial charge in [0.05, 0.1) is 6.07 Å². The van der Waals surface area contributed by atoms with Gasteiger partial charge in [0.1, 0.15) is 12.4 Å². The van der Waals surface area contributed by atoms with E-state index in [1.165, 1.54) is 28.7 Å². The summed E-state index contributed by atoms with van der Waals surface area (Å²) in [6.07, 6.45) is 0. The second-order valence-electron chi connectivity index (χ2n) is 4.64. The first kappa shape index (κ1) is 13.8. The minimum absolute atomic E-state index is 0.143. The summed E-state index contributed by atoms with van der Waals surface area (Å²) in [4.78, 5) is 16.5. The summed E-state index contributed by atoms with van der Waals surface area (Å²) in [6, 6.07) is 9.21. The fraction of sp³-hybridized carbons (Fsp3) is 0.143. The summed E-state index contributed by atoms with van der Waals surface area (Å²) in [6.45, 7) is 1.62. The zero-order valence-electron chi connectivity index (χ0n) is 11.6. The van der Waals surface area contributed by atoms with Crippen LogP contribution in [0, 0.1) is 24.1 Å². The van der Waals surface area contributed by atoms with Crippen LogP contribution in [0.1, 0.15) is 5.69 Å². The Morgan fingerprint density at radius 2 is 2.09 bits per heavy atom. The van der Waals surface area contributed by atoms with Crippen LogP contribution in [0.5, 0.6) is 0 Å². The van der Waals surface area contributed by atoms with Gasteiger partial charge >= 0.3 is 5.69 Å². The molecule has 0 aliphatic carbocycles. The normalized spacial score (nSPS) is 10.6. The third kappa shape index (κ3) is 2.40. The molecule has 0 saturated carbocycles. The van der Waals surface area contributed by atoms with Crippen molar-refractivity contribution in [2.75, 3.05) is 5.32 Å². The Balaban J connectivity index is 2.14. The molecule has 1 aromatic carbocycles. The standard InChI is InChI=1S/C14H11FN6O/c1-9-8-12-19-20(7-6-16)14(22)21(12)13(17-9)18-11-4-2-10(15)3-5-11/h2-5,8H,7H2,1H3,(H,17,18). The number of halogens is 1. The highest BCUT2D eigenvalue weighted by Crippen LogP contribution is 2.16. The van der Waals surface area contributed by atoms with E-state index in [-0.39, 0.29) is 18.3 Å². The average Bonchev–Trinajstić information content (AvgIpc) is 2.78. The minimum Gasteiger partial charge on any atom is -0.325 e. The molecule has 0 aliphatic rings. The number of hydrogen-bond acceptors (Lipinski definition) is 5. The van der Waals surface area contributed by atoms with Gasteiger partial charge in [0, 0.05) is 17.4 Å². The molecule has 0 fully saturated rings. The van der Waals surface area contributed by atoms with Crippen LogP contribution in [-0.2, 0) is 6.54 Å². The Bertz CT molecular complexity index is 935. The van der Waals surface area contributed by atoms with Crippen LogP contribution in [0.25, 0.3) is 5.65 Å². The number of rotatable bonds is 3. The molecule has 0 saturated heterocycles. The van der Waals surface area contributed by atoms with E-state index in [9.17, 15) is 9.18 Å². The largest absolute Gasteiger partial charge is 0.354 e.